The van der Waals surface area contributed by atoms with Gasteiger partial charge in [-0.15, -0.1) is 0 Å². The van der Waals surface area contributed by atoms with Crippen molar-refractivity contribution in [1.82, 2.24) is 0 Å². The van der Waals surface area contributed by atoms with E-state index in [1.54, 1.807) is 0 Å². The molecule has 3 nitrogen and oxygen atoms in total. The first-order valence-electron chi connectivity index (χ1n) is 12.9. The zero-order chi connectivity index (χ0) is 26.6. The van der Waals surface area contributed by atoms with Crippen molar-refractivity contribution in [2.45, 2.75) is 39.3 Å². The van der Waals surface area contributed by atoms with Gasteiger partial charge in [0.05, 0.1) is 0 Å². The monoisotopic (exact) mass is 558 g/mol. The van der Waals surface area contributed by atoms with Gasteiger partial charge in [-0.3, -0.25) is 0 Å². The first-order valence-corrected chi connectivity index (χ1v) is 23.3. The van der Waals surface area contributed by atoms with Gasteiger partial charge in [0, 0.05) is 0 Å². The predicted molar refractivity (Wildman–Crippen MR) is 166 cm³/mol. The Bertz CT molecular complexity index is 1080. The van der Waals surface area contributed by atoms with Crippen molar-refractivity contribution in [2.75, 3.05) is 0 Å². The fraction of sp³-hybridized carbons (Fsp3) is 0.200. The SMILES string of the molecule is C[Si](C)(C)O[Si](O[Si](O[Si](C)(C)C)(c1ccccc1)c1ccccc1)(c1ccccc1)c1ccccc1. The zero-order valence-electron chi connectivity index (χ0n) is 22.8. The third kappa shape index (κ3) is 6.56. The normalized spacial score (nSPS) is 12.9. The Morgan fingerprint density at radius 1 is 0.324 bits per heavy atom. The zero-order valence-corrected chi connectivity index (χ0v) is 26.8. The van der Waals surface area contributed by atoms with Gasteiger partial charge in [-0.1, -0.05) is 121 Å². The van der Waals surface area contributed by atoms with Gasteiger partial charge in [0.2, 0.25) is 0 Å². The molecule has 0 saturated carbocycles. The molecule has 0 unspecified atom stereocenters. The minimum atomic E-state index is -3.26. The molecule has 0 aliphatic heterocycles. The highest BCUT2D eigenvalue weighted by Gasteiger charge is 2.56. The maximum Gasteiger partial charge on any atom is 0.388 e. The van der Waals surface area contributed by atoms with Gasteiger partial charge in [-0.25, -0.2) is 0 Å². The topological polar surface area (TPSA) is 27.7 Å². The van der Waals surface area contributed by atoms with Crippen molar-refractivity contribution in [1.29, 1.82) is 0 Å². The van der Waals surface area contributed by atoms with Crippen molar-refractivity contribution >= 4 is 54.5 Å². The highest BCUT2D eigenvalue weighted by molar-refractivity contribution is 7.08. The fourth-order valence-corrected chi connectivity index (χ4v) is 21.1. The molecule has 192 valence electrons. The molecule has 37 heavy (non-hydrogen) atoms. The van der Waals surface area contributed by atoms with E-state index < -0.39 is 33.8 Å². The van der Waals surface area contributed by atoms with Crippen LogP contribution in [0.1, 0.15) is 0 Å². The summed E-state index contributed by atoms with van der Waals surface area (Å²) in [5, 5.41) is 4.41. The average molecular weight is 559 g/mol. The largest absolute Gasteiger partial charge is 0.430 e. The molecule has 4 aromatic rings. The Morgan fingerprint density at radius 2 is 0.541 bits per heavy atom. The lowest BCUT2D eigenvalue weighted by Crippen LogP contribution is -2.77. The molecular formula is C30H38O3Si4. The van der Waals surface area contributed by atoms with Crippen molar-refractivity contribution in [2.24, 2.45) is 0 Å². The Hall–Kier alpha value is -2.37. The number of hydrogen-bond donors (Lipinski definition) is 0. The minimum Gasteiger partial charge on any atom is -0.430 e. The Morgan fingerprint density at radius 3 is 0.730 bits per heavy atom. The van der Waals surface area contributed by atoms with Crippen molar-refractivity contribution in [3.05, 3.63) is 121 Å². The summed E-state index contributed by atoms with van der Waals surface area (Å²) in [6.07, 6.45) is 0. The van der Waals surface area contributed by atoms with E-state index >= 15 is 0 Å². The van der Waals surface area contributed by atoms with E-state index in [1.807, 2.05) is 0 Å². The highest BCUT2D eigenvalue weighted by atomic mass is 28.5. The number of benzene rings is 4. The average Bonchev–Trinajstić information content (AvgIpc) is 2.88. The summed E-state index contributed by atoms with van der Waals surface area (Å²) in [5.74, 6) is 0. The molecular weight excluding hydrogens is 521 g/mol. The molecule has 0 N–H and O–H groups in total. The molecule has 4 aromatic carbocycles. The Balaban J connectivity index is 2.09. The van der Waals surface area contributed by atoms with Crippen LogP contribution in [-0.2, 0) is 12.3 Å². The maximum atomic E-state index is 7.82. The number of hydrogen-bond acceptors (Lipinski definition) is 3. The fourth-order valence-electron chi connectivity index (χ4n) is 4.54. The van der Waals surface area contributed by atoms with Crippen LogP contribution in [0.5, 0.6) is 0 Å². The van der Waals surface area contributed by atoms with Gasteiger partial charge in [-0.05, 0) is 60.0 Å². The van der Waals surface area contributed by atoms with Gasteiger partial charge >= 0.3 is 17.1 Å². The molecule has 0 saturated heterocycles. The lowest BCUT2D eigenvalue weighted by Gasteiger charge is -2.46. The van der Waals surface area contributed by atoms with Crippen LogP contribution in [0, 0.1) is 0 Å². The summed E-state index contributed by atoms with van der Waals surface area (Å²) in [6, 6.07) is 42.3. The maximum absolute atomic E-state index is 7.82. The standard InChI is InChI=1S/C30H38O3Si4/c1-34(2,3)31-36(27-19-11-7-12-20-27,28-21-13-8-14-22-28)33-37(32-35(4,5)6,29-23-15-9-16-24-29)30-25-17-10-18-26-30/h7-26H,1-6H3. The van der Waals surface area contributed by atoms with Gasteiger partial charge < -0.3 is 12.3 Å². The van der Waals surface area contributed by atoms with Gasteiger partial charge in [0.25, 0.3) is 0 Å². The van der Waals surface area contributed by atoms with Crippen LogP contribution in [0.25, 0.3) is 0 Å². The molecule has 7 heteroatoms. The van der Waals surface area contributed by atoms with Crippen LogP contribution in [0.4, 0.5) is 0 Å². The molecule has 0 aliphatic rings. The van der Waals surface area contributed by atoms with Gasteiger partial charge in [-0.2, -0.15) is 0 Å². The van der Waals surface area contributed by atoms with E-state index in [9.17, 15) is 0 Å². The van der Waals surface area contributed by atoms with Crippen molar-refractivity contribution in [3.63, 3.8) is 0 Å². The quantitative estimate of drug-likeness (QED) is 0.250. The van der Waals surface area contributed by atoms with Gasteiger partial charge in [0.15, 0.2) is 16.6 Å². The van der Waals surface area contributed by atoms with E-state index in [0.29, 0.717) is 0 Å². The second-order valence-corrected chi connectivity index (χ2v) is 26.9. The first kappa shape index (κ1) is 27.7. The molecule has 0 fully saturated rings. The third-order valence-corrected chi connectivity index (χ3v) is 19.7. The van der Waals surface area contributed by atoms with Crippen molar-refractivity contribution in [3.8, 4) is 0 Å². The first-order chi connectivity index (χ1) is 17.5. The predicted octanol–water partition coefficient (Wildman–Crippen LogP) is 5.22. The van der Waals surface area contributed by atoms with Crippen LogP contribution in [0.2, 0.25) is 39.3 Å². The molecule has 0 atom stereocenters. The molecule has 4 rings (SSSR count). The van der Waals surface area contributed by atoms with Crippen LogP contribution in [-0.4, -0.2) is 33.8 Å². The number of rotatable bonds is 10. The minimum absolute atomic E-state index is 1.10. The van der Waals surface area contributed by atoms with E-state index in [1.165, 1.54) is 0 Å². The van der Waals surface area contributed by atoms with E-state index in [4.69, 9.17) is 12.3 Å². The Kier molecular flexibility index (Phi) is 8.34. The third-order valence-electron chi connectivity index (χ3n) is 5.80. The van der Waals surface area contributed by atoms with Gasteiger partial charge in [0.1, 0.15) is 0 Å². The van der Waals surface area contributed by atoms with E-state index in [2.05, 4.69) is 161 Å². The molecule has 0 aromatic heterocycles. The Labute approximate surface area is 226 Å². The van der Waals surface area contributed by atoms with Crippen LogP contribution in [0.15, 0.2) is 121 Å². The van der Waals surface area contributed by atoms with Crippen LogP contribution < -0.4 is 20.7 Å². The van der Waals surface area contributed by atoms with Crippen LogP contribution in [0.3, 0.4) is 0 Å². The summed E-state index contributed by atoms with van der Waals surface area (Å²) in [7, 11) is -10.7. The second kappa shape index (κ2) is 11.2. The summed E-state index contributed by atoms with van der Waals surface area (Å²) in [6.45, 7) is 13.5. The lowest BCUT2D eigenvalue weighted by molar-refractivity contribution is 0.355. The van der Waals surface area contributed by atoms with E-state index in [-0.39, 0.29) is 0 Å². The molecule has 0 spiro atoms. The summed E-state index contributed by atoms with van der Waals surface area (Å²) < 4.78 is 22.5. The van der Waals surface area contributed by atoms with E-state index in [0.717, 1.165) is 20.7 Å². The summed E-state index contributed by atoms with van der Waals surface area (Å²) in [5.41, 5.74) is 0. The smallest absolute Gasteiger partial charge is 0.388 e. The van der Waals surface area contributed by atoms with Crippen LogP contribution >= 0.6 is 0 Å². The molecule has 0 radical (unpaired) electrons. The lowest BCUT2D eigenvalue weighted by atomic mass is 10.4. The molecule has 0 amide bonds. The second-order valence-electron chi connectivity index (χ2n) is 11.2. The molecule has 0 heterocycles. The molecule has 0 aliphatic carbocycles. The summed E-state index contributed by atoms with van der Waals surface area (Å²) >= 11 is 0. The summed E-state index contributed by atoms with van der Waals surface area (Å²) in [4.78, 5) is 0. The van der Waals surface area contributed by atoms with Crippen molar-refractivity contribution < 1.29 is 12.3 Å². The highest BCUT2D eigenvalue weighted by Crippen LogP contribution is 2.25. The molecule has 0 bridgehead atoms.